The first kappa shape index (κ1) is 15.9. The molecule has 0 aliphatic carbocycles. The fraction of sp³-hybridized carbons (Fsp3) is 0.667. The number of rotatable bonds is 4. The fourth-order valence-corrected chi connectivity index (χ4v) is 3.25. The summed E-state index contributed by atoms with van der Waals surface area (Å²) >= 11 is 0. The molecule has 2 N–H and O–H groups in total. The number of hydrogen-bond acceptors (Lipinski definition) is 5. The standard InChI is InChI=1S/C12H21N5O3S/c1-9-10(2)17(5-4-13-9)12(18)7-15-21(19,20)11-6-14-16(3)8-11/h6,8-10,13,15H,4-5,7H2,1-3H3. The molecule has 0 bridgehead atoms. The van der Waals surface area contributed by atoms with Gasteiger partial charge in [-0.15, -0.1) is 0 Å². The number of carbonyl (C=O) groups is 1. The minimum atomic E-state index is -3.70. The molecule has 2 unspecified atom stereocenters. The highest BCUT2D eigenvalue weighted by molar-refractivity contribution is 7.89. The summed E-state index contributed by atoms with van der Waals surface area (Å²) in [4.78, 5) is 13.9. The maximum Gasteiger partial charge on any atom is 0.244 e. The third kappa shape index (κ3) is 3.60. The molecule has 1 aliphatic rings. The average Bonchev–Trinajstić information content (AvgIpc) is 2.87. The minimum Gasteiger partial charge on any atom is -0.336 e. The van der Waals surface area contributed by atoms with Crippen LogP contribution in [0.2, 0.25) is 0 Å². The van der Waals surface area contributed by atoms with E-state index in [0.717, 1.165) is 0 Å². The van der Waals surface area contributed by atoms with E-state index in [0.29, 0.717) is 13.1 Å². The van der Waals surface area contributed by atoms with E-state index in [-0.39, 0.29) is 29.4 Å². The number of sulfonamides is 1. The predicted octanol–water partition coefficient (Wildman–Crippen LogP) is -1.09. The number of aryl methyl sites for hydroxylation is 1. The normalized spacial score (nSPS) is 23.3. The van der Waals surface area contributed by atoms with Crippen molar-refractivity contribution in [2.75, 3.05) is 19.6 Å². The summed E-state index contributed by atoms with van der Waals surface area (Å²) in [5, 5.41) is 7.09. The lowest BCUT2D eigenvalue weighted by atomic mass is 10.1. The van der Waals surface area contributed by atoms with Crippen LogP contribution < -0.4 is 10.0 Å². The molecule has 1 aromatic rings. The second-order valence-electron chi connectivity index (χ2n) is 5.24. The van der Waals surface area contributed by atoms with Gasteiger partial charge >= 0.3 is 0 Å². The first-order valence-electron chi connectivity index (χ1n) is 6.82. The molecule has 0 radical (unpaired) electrons. The van der Waals surface area contributed by atoms with Gasteiger partial charge in [0.1, 0.15) is 4.90 Å². The van der Waals surface area contributed by atoms with Gasteiger partial charge in [-0.2, -0.15) is 5.10 Å². The van der Waals surface area contributed by atoms with Crippen molar-refractivity contribution in [3.8, 4) is 0 Å². The van der Waals surface area contributed by atoms with E-state index < -0.39 is 10.0 Å². The van der Waals surface area contributed by atoms with E-state index in [2.05, 4.69) is 15.1 Å². The second kappa shape index (κ2) is 6.12. The molecule has 1 aliphatic heterocycles. The van der Waals surface area contributed by atoms with E-state index in [1.165, 1.54) is 17.1 Å². The highest BCUT2D eigenvalue weighted by atomic mass is 32.2. The first-order valence-corrected chi connectivity index (χ1v) is 8.31. The van der Waals surface area contributed by atoms with Crippen molar-refractivity contribution >= 4 is 15.9 Å². The highest BCUT2D eigenvalue weighted by Crippen LogP contribution is 2.10. The molecule has 0 aromatic carbocycles. The summed E-state index contributed by atoms with van der Waals surface area (Å²) in [6, 6.07) is 0.228. The van der Waals surface area contributed by atoms with Gasteiger partial charge in [0, 0.05) is 38.4 Å². The molecular weight excluding hydrogens is 294 g/mol. The molecule has 1 amide bonds. The van der Waals surface area contributed by atoms with Crippen molar-refractivity contribution in [1.82, 2.24) is 24.7 Å². The quantitative estimate of drug-likeness (QED) is 0.736. The van der Waals surface area contributed by atoms with E-state index >= 15 is 0 Å². The Labute approximate surface area is 124 Å². The highest BCUT2D eigenvalue weighted by Gasteiger charge is 2.28. The van der Waals surface area contributed by atoms with Crippen molar-refractivity contribution in [2.24, 2.45) is 7.05 Å². The largest absolute Gasteiger partial charge is 0.336 e. The third-order valence-electron chi connectivity index (χ3n) is 3.76. The molecule has 2 atom stereocenters. The SMILES string of the molecule is CC1NCCN(C(=O)CNS(=O)(=O)c2cnn(C)c2)C1C. The molecule has 21 heavy (non-hydrogen) atoms. The zero-order chi connectivity index (χ0) is 15.6. The summed E-state index contributed by atoms with van der Waals surface area (Å²) in [6.45, 7) is 5.01. The Kier molecular flexibility index (Phi) is 4.64. The Hall–Kier alpha value is -1.45. The molecule has 1 aromatic heterocycles. The molecule has 118 valence electrons. The Morgan fingerprint density at radius 3 is 2.86 bits per heavy atom. The molecular formula is C12H21N5O3S. The number of piperazine rings is 1. The van der Waals surface area contributed by atoms with Crippen LogP contribution in [0.4, 0.5) is 0 Å². The Bertz CT molecular complexity index is 612. The number of nitrogens with zero attached hydrogens (tertiary/aromatic N) is 3. The van der Waals surface area contributed by atoms with Crippen molar-refractivity contribution in [3.05, 3.63) is 12.4 Å². The first-order chi connectivity index (χ1) is 9.81. The van der Waals surface area contributed by atoms with Gasteiger partial charge in [-0.1, -0.05) is 0 Å². The van der Waals surface area contributed by atoms with E-state index in [4.69, 9.17) is 0 Å². The summed E-state index contributed by atoms with van der Waals surface area (Å²) in [6.07, 6.45) is 2.64. The van der Waals surface area contributed by atoms with Gasteiger partial charge in [0.15, 0.2) is 0 Å². The van der Waals surface area contributed by atoms with Crippen LogP contribution in [0.25, 0.3) is 0 Å². The number of hydrogen-bond donors (Lipinski definition) is 2. The zero-order valence-corrected chi connectivity index (χ0v) is 13.2. The van der Waals surface area contributed by atoms with Crippen LogP contribution in [0.3, 0.4) is 0 Å². The summed E-state index contributed by atoms with van der Waals surface area (Å²) < 4.78 is 27.8. The van der Waals surface area contributed by atoms with Crippen LogP contribution in [-0.4, -0.2) is 60.7 Å². The van der Waals surface area contributed by atoms with Crippen molar-refractivity contribution in [3.63, 3.8) is 0 Å². The zero-order valence-electron chi connectivity index (χ0n) is 12.4. The van der Waals surface area contributed by atoms with E-state index in [1.54, 1.807) is 11.9 Å². The van der Waals surface area contributed by atoms with Gasteiger partial charge in [0.2, 0.25) is 15.9 Å². The van der Waals surface area contributed by atoms with Gasteiger partial charge in [0.05, 0.1) is 12.7 Å². The molecule has 1 fully saturated rings. The molecule has 2 heterocycles. The van der Waals surface area contributed by atoms with Crippen molar-refractivity contribution < 1.29 is 13.2 Å². The van der Waals surface area contributed by atoms with Gasteiger partial charge < -0.3 is 10.2 Å². The number of nitrogens with one attached hydrogen (secondary N) is 2. The lowest BCUT2D eigenvalue weighted by molar-refractivity contribution is -0.133. The van der Waals surface area contributed by atoms with Gasteiger partial charge in [-0.05, 0) is 13.8 Å². The molecule has 8 nitrogen and oxygen atoms in total. The molecule has 9 heteroatoms. The van der Waals surface area contributed by atoms with Gasteiger partial charge in [0.25, 0.3) is 0 Å². The summed E-state index contributed by atoms with van der Waals surface area (Å²) in [5.74, 6) is -0.219. The lowest BCUT2D eigenvalue weighted by Crippen LogP contribution is -2.58. The van der Waals surface area contributed by atoms with Crippen molar-refractivity contribution in [2.45, 2.75) is 30.8 Å². The van der Waals surface area contributed by atoms with Crippen LogP contribution in [0.15, 0.2) is 17.3 Å². The van der Waals surface area contributed by atoms with E-state index in [1.807, 2.05) is 13.8 Å². The van der Waals surface area contributed by atoms with Gasteiger partial charge in [-0.25, -0.2) is 13.1 Å². The van der Waals surface area contributed by atoms with E-state index in [9.17, 15) is 13.2 Å². The number of carbonyl (C=O) groups excluding carboxylic acids is 1. The third-order valence-corrected chi connectivity index (χ3v) is 5.12. The molecule has 2 rings (SSSR count). The van der Waals surface area contributed by atoms with Crippen LogP contribution in [0, 0.1) is 0 Å². The maximum absolute atomic E-state index is 12.2. The topological polar surface area (TPSA) is 96.3 Å². The number of aromatic nitrogens is 2. The molecule has 1 saturated heterocycles. The predicted molar refractivity (Wildman–Crippen MR) is 77.0 cm³/mol. The summed E-state index contributed by atoms with van der Waals surface area (Å²) in [5.41, 5.74) is 0. The lowest BCUT2D eigenvalue weighted by Gasteiger charge is -2.38. The smallest absolute Gasteiger partial charge is 0.244 e. The van der Waals surface area contributed by atoms with Crippen LogP contribution >= 0.6 is 0 Å². The van der Waals surface area contributed by atoms with Crippen molar-refractivity contribution in [1.29, 1.82) is 0 Å². The average molecular weight is 315 g/mol. The van der Waals surface area contributed by atoms with Crippen LogP contribution in [-0.2, 0) is 21.9 Å². The second-order valence-corrected chi connectivity index (χ2v) is 7.01. The Morgan fingerprint density at radius 2 is 2.24 bits per heavy atom. The summed E-state index contributed by atoms with van der Waals surface area (Å²) in [7, 11) is -2.07. The number of amides is 1. The van der Waals surface area contributed by atoms with Gasteiger partial charge in [-0.3, -0.25) is 9.48 Å². The fourth-order valence-electron chi connectivity index (χ4n) is 2.29. The monoisotopic (exact) mass is 315 g/mol. The van der Waals surface area contributed by atoms with Crippen LogP contribution in [0.5, 0.6) is 0 Å². The maximum atomic E-state index is 12.2. The van der Waals surface area contributed by atoms with Crippen LogP contribution in [0.1, 0.15) is 13.8 Å². The Morgan fingerprint density at radius 1 is 1.52 bits per heavy atom. The Balaban J connectivity index is 1.97. The molecule has 0 saturated carbocycles. The molecule has 0 spiro atoms. The minimum absolute atomic E-state index is 0.0362.